The third-order valence-electron chi connectivity index (χ3n) is 5.15. The number of ether oxygens (including phenoxy) is 2. The lowest BCUT2D eigenvalue weighted by atomic mass is 9.99. The Morgan fingerprint density at radius 2 is 1.65 bits per heavy atom. The highest BCUT2D eigenvalue weighted by Gasteiger charge is 2.42. The zero-order valence-corrected chi connectivity index (χ0v) is 16.3. The Morgan fingerprint density at radius 1 is 1.12 bits per heavy atom. The summed E-state index contributed by atoms with van der Waals surface area (Å²) in [5.41, 5.74) is 8.32. The van der Waals surface area contributed by atoms with Crippen molar-refractivity contribution in [1.29, 1.82) is 0 Å². The van der Waals surface area contributed by atoms with Crippen molar-refractivity contribution in [2.75, 3.05) is 32.8 Å². The molecule has 7 nitrogen and oxygen atoms in total. The van der Waals surface area contributed by atoms with Gasteiger partial charge in [-0.15, -0.1) is 0 Å². The lowest BCUT2D eigenvalue weighted by Gasteiger charge is -2.36. The molecule has 0 aromatic heterocycles. The molecule has 2 aliphatic rings. The van der Waals surface area contributed by atoms with E-state index in [-0.39, 0.29) is 12.6 Å². The Hall–Kier alpha value is -1.03. The lowest BCUT2D eigenvalue weighted by Crippen LogP contribution is -2.51. The highest BCUT2D eigenvalue weighted by atomic mass is 32.2. The van der Waals surface area contributed by atoms with Gasteiger partial charge in [0.25, 0.3) is 10.2 Å². The van der Waals surface area contributed by atoms with Gasteiger partial charge in [0.15, 0.2) is 5.79 Å². The van der Waals surface area contributed by atoms with Gasteiger partial charge in [0.05, 0.1) is 13.2 Å². The summed E-state index contributed by atoms with van der Waals surface area (Å²) < 4.78 is 40.4. The normalized spacial score (nSPS) is 22.2. The minimum Gasteiger partial charge on any atom is -0.347 e. The number of nitrogens with two attached hydrogens (primary N) is 1. The summed E-state index contributed by atoms with van der Waals surface area (Å²) in [6, 6.07) is 7.63. The fourth-order valence-corrected chi connectivity index (χ4v) is 4.62. The van der Waals surface area contributed by atoms with E-state index >= 15 is 0 Å². The van der Waals surface area contributed by atoms with E-state index in [0.29, 0.717) is 45.1 Å². The molecule has 3 N–H and O–H groups in total. The molecule has 0 bridgehead atoms. The van der Waals surface area contributed by atoms with Gasteiger partial charge in [0, 0.05) is 38.5 Å². The average molecular weight is 384 g/mol. The second kappa shape index (κ2) is 7.92. The highest BCUT2D eigenvalue weighted by Crippen LogP contribution is 2.31. The number of nitrogens with zero attached hydrogens (tertiary/aromatic N) is 1. The van der Waals surface area contributed by atoms with Gasteiger partial charge in [-0.05, 0) is 17.0 Å². The first-order chi connectivity index (χ1) is 12.3. The number of rotatable bonds is 6. The van der Waals surface area contributed by atoms with Gasteiger partial charge in [0.1, 0.15) is 0 Å². The van der Waals surface area contributed by atoms with Crippen LogP contribution in [0.15, 0.2) is 24.3 Å². The first-order valence-electron chi connectivity index (χ1n) is 9.19. The average Bonchev–Trinajstić information content (AvgIpc) is 3.08. The maximum absolute atomic E-state index is 12.5. The van der Waals surface area contributed by atoms with Crippen LogP contribution >= 0.6 is 0 Å². The second-order valence-corrected chi connectivity index (χ2v) is 9.04. The molecule has 1 spiro atoms. The molecule has 1 atom stereocenters. The summed E-state index contributed by atoms with van der Waals surface area (Å²) in [6.45, 7) is 6.35. The number of hydrogen-bond donors (Lipinski definition) is 2. The van der Waals surface area contributed by atoms with Crippen LogP contribution in [0.4, 0.5) is 0 Å². The zero-order valence-electron chi connectivity index (χ0n) is 15.5. The SMILES string of the molecule is CC(C)c1ccc(C(N)CNS(=O)(=O)N2CCC3(CC2)OCCO3)cc1. The van der Waals surface area contributed by atoms with Crippen LogP contribution in [0.5, 0.6) is 0 Å². The van der Waals surface area contributed by atoms with Gasteiger partial charge in [-0.25, -0.2) is 4.72 Å². The van der Waals surface area contributed by atoms with Crippen molar-refractivity contribution in [2.45, 2.75) is 44.4 Å². The molecule has 3 rings (SSSR count). The summed E-state index contributed by atoms with van der Waals surface area (Å²) in [5.74, 6) is -0.130. The van der Waals surface area contributed by atoms with Crippen molar-refractivity contribution in [1.82, 2.24) is 9.03 Å². The fraction of sp³-hybridized carbons (Fsp3) is 0.667. The van der Waals surface area contributed by atoms with Crippen LogP contribution in [0, 0.1) is 0 Å². The Balaban J connectivity index is 1.53. The van der Waals surface area contributed by atoms with Gasteiger partial charge in [0.2, 0.25) is 0 Å². The van der Waals surface area contributed by atoms with Gasteiger partial charge < -0.3 is 15.2 Å². The van der Waals surface area contributed by atoms with E-state index in [0.717, 1.165) is 5.56 Å². The molecule has 26 heavy (non-hydrogen) atoms. The van der Waals surface area contributed by atoms with Crippen LogP contribution in [-0.2, 0) is 19.7 Å². The number of piperidine rings is 1. The Morgan fingerprint density at radius 3 is 2.19 bits per heavy atom. The van der Waals surface area contributed by atoms with E-state index in [4.69, 9.17) is 15.2 Å². The van der Waals surface area contributed by atoms with Crippen LogP contribution in [0.2, 0.25) is 0 Å². The molecule has 0 radical (unpaired) electrons. The summed E-state index contributed by atoms with van der Waals surface area (Å²) >= 11 is 0. The molecule has 0 amide bonds. The molecule has 0 saturated carbocycles. The van der Waals surface area contributed by atoms with E-state index in [1.165, 1.54) is 9.87 Å². The van der Waals surface area contributed by atoms with Gasteiger partial charge >= 0.3 is 0 Å². The standard InChI is InChI=1S/C18H29N3O4S/c1-14(2)15-3-5-16(6-4-15)17(19)13-20-26(22,23)21-9-7-18(8-10-21)24-11-12-25-18/h3-6,14,17,20H,7-13,19H2,1-2H3. The number of nitrogens with one attached hydrogen (secondary N) is 1. The zero-order chi connectivity index (χ0) is 18.8. The van der Waals surface area contributed by atoms with Crippen molar-refractivity contribution in [3.63, 3.8) is 0 Å². The molecular formula is C18H29N3O4S. The Bertz CT molecular complexity index is 690. The lowest BCUT2D eigenvalue weighted by molar-refractivity contribution is -0.179. The molecule has 8 heteroatoms. The third kappa shape index (κ3) is 4.44. The van der Waals surface area contributed by atoms with Crippen molar-refractivity contribution in [3.8, 4) is 0 Å². The fourth-order valence-electron chi connectivity index (χ4n) is 3.39. The van der Waals surface area contributed by atoms with E-state index in [2.05, 4.69) is 18.6 Å². The summed E-state index contributed by atoms with van der Waals surface area (Å²) in [5, 5.41) is 0. The first kappa shape index (κ1) is 19.7. The number of benzene rings is 1. The topological polar surface area (TPSA) is 93.9 Å². The second-order valence-electron chi connectivity index (χ2n) is 7.29. The number of hydrogen-bond acceptors (Lipinski definition) is 5. The Labute approximate surface area is 156 Å². The van der Waals surface area contributed by atoms with Crippen molar-refractivity contribution >= 4 is 10.2 Å². The minimum absolute atomic E-state index is 0.165. The maximum Gasteiger partial charge on any atom is 0.279 e. The minimum atomic E-state index is -3.56. The van der Waals surface area contributed by atoms with E-state index in [1.807, 2.05) is 24.3 Å². The van der Waals surface area contributed by atoms with Crippen LogP contribution < -0.4 is 10.5 Å². The monoisotopic (exact) mass is 383 g/mol. The van der Waals surface area contributed by atoms with Crippen molar-refractivity contribution in [2.24, 2.45) is 5.73 Å². The summed E-state index contributed by atoms with van der Waals surface area (Å²) in [7, 11) is -3.56. The Kier molecular flexibility index (Phi) is 6.01. The molecule has 2 heterocycles. The molecule has 0 aliphatic carbocycles. The molecule has 2 saturated heterocycles. The van der Waals surface area contributed by atoms with Gasteiger partial charge in [-0.3, -0.25) is 0 Å². The van der Waals surface area contributed by atoms with Crippen molar-refractivity contribution < 1.29 is 17.9 Å². The molecule has 1 unspecified atom stereocenters. The highest BCUT2D eigenvalue weighted by molar-refractivity contribution is 7.87. The quantitative estimate of drug-likeness (QED) is 0.776. The first-order valence-corrected chi connectivity index (χ1v) is 10.6. The largest absolute Gasteiger partial charge is 0.347 e. The summed E-state index contributed by atoms with van der Waals surface area (Å²) in [4.78, 5) is 0. The van der Waals surface area contributed by atoms with Gasteiger partial charge in [-0.1, -0.05) is 38.1 Å². The van der Waals surface area contributed by atoms with E-state index in [9.17, 15) is 8.42 Å². The van der Waals surface area contributed by atoms with Gasteiger partial charge in [-0.2, -0.15) is 12.7 Å². The molecule has 2 fully saturated rings. The molecule has 1 aromatic rings. The van der Waals surface area contributed by atoms with E-state index in [1.54, 1.807) is 0 Å². The smallest absolute Gasteiger partial charge is 0.279 e. The maximum atomic E-state index is 12.5. The van der Waals surface area contributed by atoms with Crippen LogP contribution in [0.1, 0.15) is 49.8 Å². The third-order valence-corrected chi connectivity index (χ3v) is 6.73. The van der Waals surface area contributed by atoms with Crippen LogP contribution in [0.3, 0.4) is 0 Å². The summed E-state index contributed by atoms with van der Waals surface area (Å²) in [6.07, 6.45) is 1.10. The predicted molar refractivity (Wildman–Crippen MR) is 99.8 cm³/mol. The molecular weight excluding hydrogens is 354 g/mol. The van der Waals surface area contributed by atoms with Crippen LogP contribution in [0.25, 0.3) is 0 Å². The molecule has 146 valence electrons. The van der Waals surface area contributed by atoms with Crippen LogP contribution in [-0.4, -0.2) is 51.4 Å². The predicted octanol–water partition coefficient (Wildman–Crippen LogP) is 1.48. The molecule has 2 aliphatic heterocycles. The van der Waals surface area contributed by atoms with Crippen molar-refractivity contribution in [3.05, 3.63) is 35.4 Å². The molecule has 1 aromatic carbocycles. The van der Waals surface area contributed by atoms with E-state index < -0.39 is 16.0 Å².